The Bertz CT molecular complexity index is 976. The van der Waals surface area contributed by atoms with Crippen LogP contribution in [0.2, 0.25) is 0 Å². The Morgan fingerprint density at radius 1 is 1.00 bits per heavy atom. The van der Waals surface area contributed by atoms with Crippen molar-refractivity contribution in [1.29, 1.82) is 0 Å². The second-order valence-electron chi connectivity index (χ2n) is 5.79. The van der Waals surface area contributed by atoms with E-state index in [9.17, 15) is 0 Å². The number of H-pyrrole nitrogens is 1. The molecular formula is C21H18N2O3. The predicted molar refractivity (Wildman–Crippen MR) is 99.1 cm³/mol. The summed E-state index contributed by atoms with van der Waals surface area (Å²) in [6.07, 6.45) is 5.14. The fourth-order valence-electron chi connectivity index (χ4n) is 2.70. The van der Waals surface area contributed by atoms with Crippen molar-refractivity contribution in [2.75, 3.05) is 7.11 Å². The maximum Gasteiger partial charge on any atom is 0.161 e. The summed E-state index contributed by atoms with van der Waals surface area (Å²) in [7, 11) is 1.63. The van der Waals surface area contributed by atoms with Crippen molar-refractivity contribution < 1.29 is 13.9 Å². The van der Waals surface area contributed by atoms with Crippen LogP contribution in [0, 0.1) is 0 Å². The minimum absolute atomic E-state index is 0.490. The molecule has 2 heterocycles. The number of rotatable bonds is 6. The van der Waals surface area contributed by atoms with Gasteiger partial charge in [0.1, 0.15) is 18.7 Å². The van der Waals surface area contributed by atoms with Crippen LogP contribution in [-0.4, -0.2) is 17.1 Å². The molecule has 0 radical (unpaired) electrons. The van der Waals surface area contributed by atoms with Crippen molar-refractivity contribution in [2.45, 2.75) is 6.61 Å². The lowest BCUT2D eigenvalue weighted by Gasteiger charge is -2.11. The highest BCUT2D eigenvalue weighted by Crippen LogP contribution is 2.33. The summed E-state index contributed by atoms with van der Waals surface area (Å²) in [6, 6.07) is 17.7. The number of aromatic nitrogens is 2. The molecule has 0 spiro atoms. The number of nitrogens with zero attached hydrogens (tertiary/aromatic N) is 1. The molecule has 0 unspecified atom stereocenters. The third-order valence-corrected chi connectivity index (χ3v) is 4.07. The normalized spacial score (nSPS) is 10.7. The standard InChI is InChI=1S/C21H18N2O3/c1-24-20-11-16(18-12-22-21(23-18)17-9-10-25-14-17)7-8-19(20)26-13-15-5-3-2-4-6-15/h2-12,14H,13H2,1H3,(H,22,23). The quantitative estimate of drug-likeness (QED) is 0.538. The van der Waals surface area contributed by atoms with Gasteiger partial charge in [-0.1, -0.05) is 30.3 Å². The number of hydrogen-bond donors (Lipinski definition) is 1. The van der Waals surface area contributed by atoms with Crippen molar-refractivity contribution in [3.8, 4) is 34.1 Å². The Balaban J connectivity index is 1.55. The lowest BCUT2D eigenvalue weighted by Crippen LogP contribution is -1.97. The van der Waals surface area contributed by atoms with Gasteiger partial charge in [0.2, 0.25) is 0 Å². The summed E-state index contributed by atoms with van der Waals surface area (Å²) in [4.78, 5) is 7.77. The van der Waals surface area contributed by atoms with Crippen molar-refractivity contribution in [1.82, 2.24) is 9.97 Å². The second-order valence-corrected chi connectivity index (χ2v) is 5.79. The molecule has 2 aromatic heterocycles. The largest absolute Gasteiger partial charge is 0.493 e. The lowest BCUT2D eigenvalue weighted by molar-refractivity contribution is 0.284. The molecule has 0 fully saturated rings. The topological polar surface area (TPSA) is 60.3 Å². The van der Waals surface area contributed by atoms with Crippen LogP contribution in [0.5, 0.6) is 11.5 Å². The van der Waals surface area contributed by atoms with Gasteiger partial charge in [0.15, 0.2) is 11.5 Å². The number of aromatic amines is 1. The van der Waals surface area contributed by atoms with Crippen LogP contribution in [0.1, 0.15) is 5.56 Å². The van der Waals surface area contributed by atoms with Gasteiger partial charge in [0, 0.05) is 11.8 Å². The molecule has 0 aliphatic heterocycles. The molecule has 1 N–H and O–H groups in total. The van der Waals surface area contributed by atoms with E-state index in [1.54, 1.807) is 19.6 Å². The highest BCUT2D eigenvalue weighted by Gasteiger charge is 2.11. The Morgan fingerprint density at radius 3 is 2.65 bits per heavy atom. The molecular weight excluding hydrogens is 328 g/mol. The SMILES string of the molecule is COc1cc(-c2c[nH]c(-c3ccoc3)n2)ccc1OCc1ccccc1. The van der Waals surface area contributed by atoms with E-state index >= 15 is 0 Å². The Hall–Kier alpha value is -3.47. The van der Waals surface area contributed by atoms with E-state index < -0.39 is 0 Å². The fraction of sp³-hybridized carbons (Fsp3) is 0.0952. The van der Waals surface area contributed by atoms with Gasteiger partial charge in [0.05, 0.1) is 24.6 Å². The summed E-state index contributed by atoms with van der Waals surface area (Å²) in [5, 5.41) is 0. The van der Waals surface area contributed by atoms with Crippen molar-refractivity contribution >= 4 is 0 Å². The maximum absolute atomic E-state index is 5.90. The molecule has 0 aliphatic rings. The van der Waals surface area contributed by atoms with Gasteiger partial charge in [-0.15, -0.1) is 0 Å². The summed E-state index contributed by atoms with van der Waals surface area (Å²) in [6.45, 7) is 0.490. The summed E-state index contributed by atoms with van der Waals surface area (Å²) in [5.41, 5.74) is 3.79. The molecule has 0 amide bonds. The average molecular weight is 346 g/mol. The molecule has 0 saturated carbocycles. The van der Waals surface area contributed by atoms with Gasteiger partial charge < -0.3 is 18.9 Å². The van der Waals surface area contributed by atoms with Gasteiger partial charge in [-0.2, -0.15) is 0 Å². The molecule has 5 heteroatoms. The number of imidazole rings is 1. The first-order valence-corrected chi connectivity index (χ1v) is 8.26. The van der Waals surface area contributed by atoms with E-state index in [2.05, 4.69) is 9.97 Å². The van der Waals surface area contributed by atoms with E-state index in [4.69, 9.17) is 13.9 Å². The summed E-state index contributed by atoms with van der Waals surface area (Å²) >= 11 is 0. The number of furan rings is 1. The third-order valence-electron chi connectivity index (χ3n) is 4.07. The van der Waals surface area contributed by atoms with E-state index in [-0.39, 0.29) is 0 Å². The first-order chi connectivity index (χ1) is 12.8. The van der Waals surface area contributed by atoms with Crippen LogP contribution in [0.25, 0.3) is 22.6 Å². The molecule has 2 aromatic carbocycles. The lowest BCUT2D eigenvalue weighted by atomic mass is 10.1. The number of nitrogens with one attached hydrogen (secondary N) is 1. The zero-order chi connectivity index (χ0) is 17.8. The van der Waals surface area contributed by atoms with Gasteiger partial charge in [-0.3, -0.25) is 0 Å². The van der Waals surface area contributed by atoms with Gasteiger partial charge >= 0.3 is 0 Å². The molecule has 0 saturated heterocycles. The molecule has 26 heavy (non-hydrogen) atoms. The second kappa shape index (κ2) is 7.19. The zero-order valence-electron chi connectivity index (χ0n) is 14.3. The predicted octanol–water partition coefficient (Wildman–Crippen LogP) is 4.92. The van der Waals surface area contributed by atoms with Crippen molar-refractivity contribution in [3.05, 3.63) is 78.9 Å². The van der Waals surface area contributed by atoms with Crippen LogP contribution in [0.3, 0.4) is 0 Å². The molecule has 130 valence electrons. The van der Waals surface area contributed by atoms with E-state index in [0.29, 0.717) is 18.1 Å². The molecule has 0 atom stereocenters. The Labute approximate surface area is 151 Å². The average Bonchev–Trinajstić information content (AvgIpc) is 3.38. The third kappa shape index (κ3) is 3.32. The van der Waals surface area contributed by atoms with Crippen LogP contribution in [0.4, 0.5) is 0 Å². The molecule has 0 aliphatic carbocycles. The fourth-order valence-corrected chi connectivity index (χ4v) is 2.70. The Kier molecular flexibility index (Phi) is 4.43. The number of methoxy groups -OCH3 is 1. The molecule has 0 bridgehead atoms. The molecule has 4 aromatic rings. The van der Waals surface area contributed by atoms with Gasteiger partial charge in [0.25, 0.3) is 0 Å². The minimum atomic E-state index is 0.490. The van der Waals surface area contributed by atoms with Gasteiger partial charge in [-0.05, 0) is 29.8 Å². The highest BCUT2D eigenvalue weighted by molar-refractivity contribution is 5.66. The van der Waals surface area contributed by atoms with E-state index in [0.717, 1.165) is 28.2 Å². The monoisotopic (exact) mass is 346 g/mol. The van der Waals surface area contributed by atoms with E-state index in [1.807, 2.05) is 60.8 Å². The first-order valence-electron chi connectivity index (χ1n) is 8.26. The Morgan fingerprint density at radius 2 is 1.88 bits per heavy atom. The number of hydrogen-bond acceptors (Lipinski definition) is 4. The van der Waals surface area contributed by atoms with Crippen LogP contribution < -0.4 is 9.47 Å². The summed E-state index contributed by atoms with van der Waals surface area (Å²) < 4.78 is 16.5. The van der Waals surface area contributed by atoms with Gasteiger partial charge in [-0.25, -0.2) is 4.98 Å². The minimum Gasteiger partial charge on any atom is -0.493 e. The summed E-state index contributed by atoms with van der Waals surface area (Å²) in [5.74, 6) is 2.13. The highest BCUT2D eigenvalue weighted by atomic mass is 16.5. The maximum atomic E-state index is 5.90. The number of ether oxygens (including phenoxy) is 2. The van der Waals surface area contributed by atoms with Crippen LogP contribution in [-0.2, 0) is 6.61 Å². The van der Waals surface area contributed by atoms with Crippen molar-refractivity contribution in [2.24, 2.45) is 0 Å². The van der Waals surface area contributed by atoms with Crippen LogP contribution in [0.15, 0.2) is 77.7 Å². The first kappa shape index (κ1) is 16.0. The van der Waals surface area contributed by atoms with Crippen molar-refractivity contribution in [3.63, 3.8) is 0 Å². The smallest absolute Gasteiger partial charge is 0.161 e. The molecule has 4 rings (SSSR count). The number of benzene rings is 2. The zero-order valence-corrected chi connectivity index (χ0v) is 14.3. The van der Waals surface area contributed by atoms with Crippen LogP contribution >= 0.6 is 0 Å². The van der Waals surface area contributed by atoms with E-state index in [1.165, 1.54) is 0 Å². The molecule has 5 nitrogen and oxygen atoms in total.